The molecule has 2 rings (SSSR count). The largest absolute Gasteiger partial charge is 0.465 e. The van der Waals surface area contributed by atoms with Crippen molar-refractivity contribution in [3.8, 4) is 0 Å². The van der Waals surface area contributed by atoms with Gasteiger partial charge in [-0.25, -0.2) is 9.78 Å². The third kappa shape index (κ3) is 1.77. The molecule has 0 atom stereocenters. The van der Waals surface area contributed by atoms with E-state index in [1.54, 1.807) is 0 Å². The van der Waals surface area contributed by atoms with E-state index in [0.717, 1.165) is 22.2 Å². The van der Waals surface area contributed by atoms with Crippen molar-refractivity contribution in [2.45, 2.75) is 13.5 Å². The van der Waals surface area contributed by atoms with Crippen LogP contribution in [0.2, 0.25) is 0 Å². The fourth-order valence-corrected chi connectivity index (χ4v) is 1.64. The van der Waals surface area contributed by atoms with E-state index in [2.05, 4.69) is 15.3 Å². The molecule has 6 heteroatoms. The highest BCUT2D eigenvalue weighted by molar-refractivity contribution is 5.81. The second-order valence-electron chi connectivity index (χ2n) is 3.53. The van der Waals surface area contributed by atoms with Crippen LogP contribution >= 0.6 is 0 Å². The minimum atomic E-state index is -1.04. The number of nitrogens with one attached hydrogen (secondary N) is 2. The molecule has 0 aliphatic rings. The molecule has 0 aliphatic carbocycles. The van der Waals surface area contributed by atoms with Gasteiger partial charge in [0.05, 0.1) is 11.0 Å². The summed E-state index contributed by atoms with van der Waals surface area (Å²) in [5.74, 6) is 0.362. The van der Waals surface area contributed by atoms with Crippen molar-refractivity contribution in [3.05, 3.63) is 23.3 Å². The number of benzene rings is 1. The molecule has 0 spiro atoms. The predicted molar refractivity (Wildman–Crippen MR) is 60.1 cm³/mol. The van der Waals surface area contributed by atoms with E-state index in [-0.39, 0.29) is 6.54 Å². The molecule has 16 heavy (non-hydrogen) atoms. The van der Waals surface area contributed by atoms with Crippen LogP contribution in [0.25, 0.3) is 11.0 Å². The number of aromatic amines is 1. The van der Waals surface area contributed by atoms with Crippen molar-refractivity contribution >= 4 is 23.1 Å². The summed E-state index contributed by atoms with van der Waals surface area (Å²) in [5.41, 5.74) is 9.01. The highest BCUT2D eigenvalue weighted by Crippen LogP contribution is 2.20. The van der Waals surface area contributed by atoms with Crippen molar-refractivity contribution in [2.24, 2.45) is 0 Å². The van der Waals surface area contributed by atoms with Crippen molar-refractivity contribution in [3.63, 3.8) is 0 Å². The number of aromatic nitrogens is 2. The van der Waals surface area contributed by atoms with E-state index in [4.69, 9.17) is 10.8 Å². The van der Waals surface area contributed by atoms with Crippen LogP contribution in [0.15, 0.2) is 12.1 Å². The summed E-state index contributed by atoms with van der Waals surface area (Å²) in [5, 5.41) is 10.9. The SMILES string of the molecule is Cc1c(CNC(=O)O)ccc2[nH]c(N)nc12. The standard InChI is InChI=1S/C10H12N4O2/c1-5-6(4-12-10(15)16)2-3-7-8(5)14-9(11)13-7/h2-3,12H,4H2,1H3,(H,15,16)(H3,11,13,14). The van der Waals surface area contributed by atoms with Gasteiger partial charge in [-0.1, -0.05) is 6.07 Å². The lowest BCUT2D eigenvalue weighted by molar-refractivity contribution is 0.194. The molecule has 0 bridgehead atoms. The van der Waals surface area contributed by atoms with Crippen LogP contribution in [0.5, 0.6) is 0 Å². The van der Waals surface area contributed by atoms with Crippen LogP contribution in [-0.4, -0.2) is 21.2 Å². The molecule has 6 nitrogen and oxygen atoms in total. The molecule has 84 valence electrons. The molecule has 1 aromatic carbocycles. The number of nitrogens with two attached hydrogens (primary N) is 1. The van der Waals surface area contributed by atoms with Gasteiger partial charge in [-0.15, -0.1) is 0 Å². The lowest BCUT2D eigenvalue weighted by Crippen LogP contribution is -2.20. The Morgan fingerprint density at radius 1 is 1.62 bits per heavy atom. The Morgan fingerprint density at radius 2 is 2.38 bits per heavy atom. The molecular formula is C10H12N4O2. The van der Waals surface area contributed by atoms with Crippen LogP contribution in [0.4, 0.5) is 10.7 Å². The minimum absolute atomic E-state index is 0.268. The van der Waals surface area contributed by atoms with Gasteiger partial charge in [-0.05, 0) is 24.1 Å². The summed E-state index contributed by atoms with van der Waals surface area (Å²) < 4.78 is 0. The first-order valence-electron chi connectivity index (χ1n) is 4.78. The summed E-state index contributed by atoms with van der Waals surface area (Å²) >= 11 is 0. The summed E-state index contributed by atoms with van der Waals surface area (Å²) in [6, 6.07) is 3.69. The summed E-state index contributed by atoms with van der Waals surface area (Å²) in [7, 11) is 0. The molecule has 1 aromatic heterocycles. The van der Waals surface area contributed by atoms with Crippen LogP contribution < -0.4 is 11.1 Å². The van der Waals surface area contributed by atoms with Gasteiger partial charge in [0.15, 0.2) is 5.95 Å². The zero-order chi connectivity index (χ0) is 11.7. The molecule has 0 aliphatic heterocycles. The number of hydrogen-bond acceptors (Lipinski definition) is 3. The summed E-state index contributed by atoms with van der Waals surface area (Å²) in [4.78, 5) is 17.5. The molecule has 0 saturated carbocycles. The number of anilines is 1. The zero-order valence-electron chi connectivity index (χ0n) is 8.74. The highest BCUT2D eigenvalue weighted by atomic mass is 16.4. The number of hydrogen-bond donors (Lipinski definition) is 4. The minimum Gasteiger partial charge on any atom is -0.465 e. The quantitative estimate of drug-likeness (QED) is 0.610. The Labute approximate surface area is 91.5 Å². The molecule has 0 saturated heterocycles. The van der Waals surface area contributed by atoms with Crippen LogP contribution in [-0.2, 0) is 6.54 Å². The first-order chi connectivity index (χ1) is 7.58. The Bertz CT molecular complexity index is 547. The average Bonchev–Trinajstić information content (AvgIpc) is 2.58. The number of rotatable bonds is 2. The van der Waals surface area contributed by atoms with Crippen LogP contribution in [0.1, 0.15) is 11.1 Å². The maximum absolute atomic E-state index is 10.4. The van der Waals surface area contributed by atoms with Crippen LogP contribution in [0, 0.1) is 6.92 Å². The summed E-state index contributed by atoms with van der Waals surface area (Å²) in [6.45, 7) is 2.16. The fourth-order valence-electron chi connectivity index (χ4n) is 1.64. The van der Waals surface area contributed by atoms with E-state index in [9.17, 15) is 4.79 Å². The Hall–Kier alpha value is -2.24. The maximum Gasteiger partial charge on any atom is 0.404 e. The van der Waals surface area contributed by atoms with Gasteiger partial charge >= 0.3 is 6.09 Å². The van der Waals surface area contributed by atoms with Gasteiger partial charge in [0.25, 0.3) is 0 Å². The summed E-state index contributed by atoms with van der Waals surface area (Å²) in [6.07, 6.45) is -1.04. The number of carbonyl (C=O) groups is 1. The topological polar surface area (TPSA) is 104 Å². The lowest BCUT2D eigenvalue weighted by atomic mass is 10.1. The van der Waals surface area contributed by atoms with Gasteiger partial charge in [-0.3, -0.25) is 0 Å². The van der Waals surface area contributed by atoms with Gasteiger partial charge in [-0.2, -0.15) is 0 Å². The number of carboxylic acid groups (broad SMARTS) is 1. The number of amides is 1. The van der Waals surface area contributed by atoms with Crippen molar-refractivity contribution in [2.75, 3.05) is 5.73 Å². The fraction of sp³-hybridized carbons (Fsp3) is 0.200. The smallest absolute Gasteiger partial charge is 0.404 e. The highest BCUT2D eigenvalue weighted by Gasteiger charge is 2.07. The zero-order valence-corrected chi connectivity index (χ0v) is 8.74. The normalized spacial score (nSPS) is 10.6. The molecule has 5 N–H and O–H groups in total. The number of nitrogens with zero attached hydrogens (tertiary/aromatic N) is 1. The number of fused-ring (bicyclic) bond motifs is 1. The van der Waals surface area contributed by atoms with E-state index in [1.807, 2.05) is 19.1 Å². The third-order valence-corrected chi connectivity index (χ3v) is 2.47. The van der Waals surface area contributed by atoms with Gasteiger partial charge in [0, 0.05) is 6.54 Å². The lowest BCUT2D eigenvalue weighted by Gasteiger charge is -2.05. The van der Waals surface area contributed by atoms with Crippen molar-refractivity contribution in [1.82, 2.24) is 15.3 Å². The van der Waals surface area contributed by atoms with Crippen molar-refractivity contribution in [1.29, 1.82) is 0 Å². The number of imidazole rings is 1. The van der Waals surface area contributed by atoms with Crippen LogP contribution in [0.3, 0.4) is 0 Å². The Balaban J connectivity index is 2.39. The van der Waals surface area contributed by atoms with E-state index in [0.29, 0.717) is 5.95 Å². The Morgan fingerprint density at radius 3 is 3.06 bits per heavy atom. The Kier molecular flexibility index (Phi) is 2.40. The molecule has 2 aromatic rings. The number of aryl methyl sites for hydroxylation is 1. The van der Waals surface area contributed by atoms with Crippen molar-refractivity contribution < 1.29 is 9.90 Å². The number of H-pyrrole nitrogens is 1. The van der Waals surface area contributed by atoms with E-state index >= 15 is 0 Å². The predicted octanol–water partition coefficient (Wildman–Crippen LogP) is 1.22. The molecule has 0 radical (unpaired) electrons. The molecular weight excluding hydrogens is 208 g/mol. The molecule has 0 fully saturated rings. The van der Waals surface area contributed by atoms with Gasteiger partial charge < -0.3 is 21.1 Å². The molecule has 0 unspecified atom stereocenters. The molecule has 1 heterocycles. The monoisotopic (exact) mass is 220 g/mol. The average molecular weight is 220 g/mol. The first kappa shape index (κ1) is 10.3. The molecule has 1 amide bonds. The third-order valence-electron chi connectivity index (χ3n) is 2.47. The van der Waals surface area contributed by atoms with Gasteiger partial charge in [0.2, 0.25) is 0 Å². The van der Waals surface area contributed by atoms with Gasteiger partial charge in [0.1, 0.15) is 0 Å². The van der Waals surface area contributed by atoms with E-state index < -0.39 is 6.09 Å². The van der Waals surface area contributed by atoms with E-state index in [1.165, 1.54) is 0 Å². The second kappa shape index (κ2) is 3.73. The number of nitrogen functional groups attached to an aromatic ring is 1. The maximum atomic E-state index is 10.4. The second-order valence-corrected chi connectivity index (χ2v) is 3.53. The first-order valence-corrected chi connectivity index (χ1v) is 4.78.